The Balaban J connectivity index is 2.68. The van der Waals surface area contributed by atoms with Gasteiger partial charge in [0.2, 0.25) is 0 Å². The molecule has 1 aliphatic rings. The van der Waals surface area contributed by atoms with Gasteiger partial charge >= 0.3 is 0 Å². The molecule has 2 unspecified atom stereocenters. The van der Waals surface area contributed by atoms with Gasteiger partial charge in [0.25, 0.3) is 0 Å². The second kappa shape index (κ2) is 2.11. The van der Waals surface area contributed by atoms with E-state index in [0.29, 0.717) is 5.75 Å². The third-order valence-corrected chi connectivity index (χ3v) is 2.81. The molecule has 0 bridgehead atoms. The first kappa shape index (κ1) is 6.76. The van der Waals surface area contributed by atoms with E-state index in [2.05, 4.69) is 0 Å². The topological polar surface area (TPSA) is 17.1 Å². The zero-order chi connectivity index (χ0) is 6.91. The molecule has 1 nitrogen and oxygen atoms in total. The highest BCUT2D eigenvalue weighted by Crippen LogP contribution is 2.23. The number of rotatable bonds is 0. The lowest BCUT2D eigenvalue weighted by atomic mass is 10.1. The predicted molar refractivity (Wildman–Crippen MR) is 35.2 cm³/mol. The van der Waals surface area contributed by atoms with E-state index < -0.39 is 16.5 Å². The molecule has 0 aromatic rings. The van der Waals surface area contributed by atoms with Crippen LogP contribution in [0.1, 0.15) is 6.42 Å². The van der Waals surface area contributed by atoms with Crippen LogP contribution in [0.5, 0.6) is 0 Å². The molecular weight excluding hydrogens is 139 g/mol. The summed E-state index contributed by atoms with van der Waals surface area (Å²) in [5, 5.41) is 0. The van der Waals surface area contributed by atoms with Gasteiger partial charge in [-0.2, -0.15) is 0 Å². The highest BCUT2D eigenvalue weighted by Gasteiger charge is 2.35. The molecule has 9 heavy (non-hydrogen) atoms. The van der Waals surface area contributed by atoms with Gasteiger partial charge in [-0.1, -0.05) is 5.92 Å². The molecule has 2 atom stereocenters. The van der Waals surface area contributed by atoms with Crippen molar-refractivity contribution >= 4 is 10.8 Å². The molecule has 0 aliphatic carbocycles. The highest BCUT2D eigenvalue weighted by molar-refractivity contribution is 7.85. The second-order valence-corrected chi connectivity index (χ2v) is 3.72. The van der Waals surface area contributed by atoms with Crippen molar-refractivity contribution < 1.29 is 8.60 Å². The molecule has 0 N–H and O–H groups in total. The lowest BCUT2D eigenvalue weighted by Crippen LogP contribution is -2.19. The lowest BCUT2D eigenvalue weighted by molar-refractivity contribution is 0.281. The smallest absolute Gasteiger partial charge is 0.182 e. The summed E-state index contributed by atoms with van der Waals surface area (Å²) in [6.45, 7) is 0. The molecule has 1 rings (SSSR count). The molecule has 0 saturated carbocycles. The maximum absolute atomic E-state index is 12.9. The summed E-state index contributed by atoms with van der Waals surface area (Å²) in [4.78, 5) is 0. The summed E-state index contributed by atoms with van der Waals surface area (Å²) >= 11 is 0. The van der Waals surface area contributed by atoms with Crippen molar-refractivity contribution in [1.82, 2.24) is 0 Å². The van der Waals surface area contributed by atoms with Crippen LogP contribution >= 0.6 is 0 Å². The van der Waals surface area contributed by atoms with E-state index in [1.807, 2.05) is 5.92 Å². The summed E-state index contributed by atoms with van der Waals surface area (Å²) in [6, 6.07) is 0. The number of terminal acetylenes is 1. The van der Waals surface area contributed by atoms with Crippen molar-refractivity contribution in [2.75, 3.05) is 11.5 Å². The largest absolute Gasteiger partial charge is 0.259 e. The third kappa shape index (κ3) is 1.31. The molecule has 0 radical (unpaired) electrons. The van der Waals surface area contributed by atoms with Gasteiger partial charge in [-0.25, -0.2) is 4.39 Å². The Morgan fingerprint density at radius 1 is 1.78 bits per heavy atom. The van der Waals surface area contributed by atoms with Crippen LogP contribution in [0.4, 0.5) is 4.39 Å². The molecule has 50 valence electrons. The Kier molecular flexibility index (Phi) is 1.58. The first-order chi connectivity index (χ1) is 4.16. The van der Waals surface area contributed by atoms with E-state index in [0.717, 1.165) is 0 Å². The summed E-state index contributed by atoms with van der Waals surface area (Å²) in [6.07, 6.45) is 5.13. The van der Waals surface area contributed by atoms with Gasteiger partial charge in [0.1, 0.15) is 0 Å². The average molecular weight is 146 g/mol. The van der Waals surface area contributed by atoms with Crippen molar-refractivity contribution in [2.24, 2.45) is 0 Å². The number of alkyl halides is 1. The van der Waals surface area contributed by atoms with Crippen molar-refractivity contribution in [2.45, 2.75) is 12.1 Å². The second-order valence-electron chi connectivity index (χ2n) is 2.15. The van der Waals surface area contributed by atoms with Crippen molar-refractivity contribution in [1.29, 1.82) is 0 Å². The van der Waals surface area contributed by atoms with Gasteiger partial charge in [-0.05, 0) is 0 Å². The highest BCUT2D eigenvalue weighted by atomic mass is 32.2. The van der Waals surface area contributed by atoms with Crippen LogP contribution in [0.15, 0.2) is 0 Å². The molecule has 0 spiro atoms. The molecule has 0 aromatic heterocycles. The Morgan fingerprint density at radius 2 is 2.44 bits per heavy atom. The number of hydrogen-bond donors (Lipinski definition) is 0. The fourth-order valence-corrected chi connectivity index (χ4v) is 2.22. The van der Waals surface area contributed by atoms with Gasteiger partial charge < -0.3 is 0 Å². The molecular formula is C6H7FOS. The van der Waals surface area contributed by atoms with Crippen LogP contribution in [-0.2, 0) is 10.8 Å². The third-order valence-electron chi connectivity index (χ3n) is 1.37. The standard InChI is InChI=1S/C6H7FOS/c1-2-6(7)3-4-9(8)5-6/h1H,3-5H2. The molecule has 1 heterocycles. The van der Waals surface area contributed by atoms with E-state index in [-0.39, 0.29) is 12.2 Å². The van der Waals surface area contributed by atoms with Crippen LogP contribution in [0.2, 0.25) is 0 Å². The molecule has 0 aromatic carbocycles. The van der Waals surface area contributed by atoms with E-state index in [1.165, 1.54) is 0 Å². The van der Waals surface area contributed by atoms with Gasteiger partial charge in [0, 0.05) is 23.0 Å². The van der Waals surface area contributed by atoms with Gasteiger partial charge in [-0.15, -0.1) is 6.42 Å². The van der Waals surface area contributed by atoms with Gasteiger partial charge in [-0.3, -0.25) is 4.21 Å². The zero-order valence-electron chi connectivity index (χ0n) is 4.89. The molecule has 1 fully saturated rings. The Hall–Kier alpha value is -0.360. The number of hydrogen-bond acceptors (Lipinski definition) is 1. The first-order valence-corrected chi connectivity index (χ1v) is 4.17. The minimum absolute atomic E-state index is 0.0312. The maximum Gasteiger partial charge on any atom is 0.182 e. The summed E-state index contributed by atoms with van der Waals surface area (Å²) in [5.74, 6) is 2.46. The summed E-state index contributed by atoms with van der Waals surface area (Å²) < 4.78 is 23.5. The summed E-state index contributed by atoms with van der Waals surface area (Å²) in [7, 11) is -1.01. The normalized spacial score (nSPS) is 42.4. The van der Waals surface area contributed by atoms with Crippen LogP contribution in [-0.4, -0.2) is 21.4 Å². The Morgan fingerprint density at radius 3 is 2.67 bits per heavy atom. The van der Waals surface area contributed by atoms with Gasteiger partial charge in [0.15, 0.2) is 5.67 Å². The van der Waals surface area contributed by atoms with E-state index >= 15 is 0 Å². The lowest BCUT2D eigenvalue weighted by Gasteiger charge is -2.06. The Bertz CT molecular complexity index is 184. The number of halogens is 1. The van der Waals surface area contributed by atoms with Crippen molar-refractivity contribution in [3.63, 3.8) is 0 Å². The maximum atomic E-state index is 12.9. The zero-order valence-corrected chi connectivity index (χ0v) is 5.71. The fraction of sp³-hybridized carbons (Fsp3) is 0.667. The van der Waals surface area contributed by atoms with Crippen LogP contribution in [0.3, 0.4) is 0 Å². The van der Waals surface area contributed by atoms with Crippen molar-refractivity contribution in [3.05, 3.63) is 0 Å². The average Bonchev–Trinajstić information content (AvgIpc) is 2.13. The Labute approximate surface area is 56.1 Å². The quantitative estimate of drug-likeness (QED) is 0.454. The fourth-order valence-electron chi connectivity index (χ4n) is 0.789. The monoisotopic (exact) mass is 146 g/mol. The SMILES string of the molecule is C#CC1(F)CCS(=O)C1. The summed E-state index contributed by atoms with van der Waals surface area (Å²) in [5.41, 5.74) is -1.56. The first-order valence-electron chi connectivity index (χ1n) is 2.68. The molecule has 1 aliphatic heterocycles. The van der Waals surface area contributed by atoms with E-state index in [4.69, 9.17) is 6.42 Å². The van der Waals surface area contributed by atoms with E-state index in [1.54, 1.807) is 0 Å². The van der Waals surface area contributed by atoms with Crippen LogP contribution in [0.25, 0.3) is 0 Å². The van der Waals surface area contributed by atoms with E-state index in [9.17, 15) is 8.60 Å². The molecule has 3 heteroatoms. The minimum Gasteiger partial charge on any atom is -0.259 e. The van der Waals surface area contributed by atoms with Crippen LogP contribution < -0.4 is 0 Å². The van der Waals surface area contributed by atoms with Gasteiger partial charge in [0.05, 0.1) is 5.75 Å². The van der Waals surface area contributed by atoms with Crippen molar-refractivity contribution in [3.8, 4) is 12.3 Å². The van der Waals surface area contributed by atoms with Crippen LogP contribution in [0, 0.1) is 12.3 Å². The molecule has 0 amide bonds. The molecule has 1 saturated heterocycles. The minimum atomic E-state index is -1.56. The predicted octanol–water partition coefficient (Wildman–Crippen LogP) is 0.480.